The highest BCUT2D eigenvalue weighted by molar-refractivity contribution is 14.1. The third kappa shape index (κ3) is 1.90. The molecule has 0 aliphatic carbocycles. The Labute approximate surface area is 88.7 Å². The van der Waals surface area contributed by atoms with Crippen LogP contribution in [0, 0.1) is 3.57 Å². The third-order valence-electron chi connectivity index (χ3n) is 1.40. The lowest BCUT2D eigenvalue weighted by atomic mass is 10.1. The van der Waals surface area contributed by atoms with Crippen LogP contribution in [-0.2, 0) is 0 Å². The number of carbonyl (C=O) groups excluding carboxylic acids is 1. The van der Waals surface area contributed by atoms with Gasteiger partial charge in [0, 0.05) is 9.13 Å². The van der Waals surface area contributed by atoms with Gasteiger partial charge >= 0.3 is 0 Å². The van der Waals surface area contributed by atoms with E-state index in [2.05, 4.69) is 0 Å². The molecule has 0 aliphatic rings. The number of benzene rings is 1. The van der Waals surface area contributed by atoms with Crippen molar-refractivity contribution in [2.45, 2.75) is 6.92 Å². The molecule has 0 fully saturated rings. The Morgan fingerprint density at radius 1 is 1.58 bits per heavy atom. The Balaban J connectivity index is 3.37. The molecule has 0 bridgehead atoms. The van der Waals surface area contributed by atoms with Gasteiger partial charge in [-0.15, -0.1) is 0 Å². The van der Waals surface area contributed by atoms with Gasteiger partial charge in [-0.05, 0) is 41.6 Å². The molecule has 64 valence electrons. The van der Waals surface area contributed by atoms with Crippen molar-refractivity contribution in [3.63, 3.8) is 0 Å². The Morgan fingerprint density at radius 2 is 2.17 bits per heavy atom. The fourth-order valence-corrected chi connectivity index (χ4v) is 1.68. The first-order chi connectivity index (χ1) is 5.52. The van der Waals surface area contributed by atoms with Gasteiger partial charge in [0.15, 0.2) is 5.78 Å². The van der Waals surface area contributed by atoms with Gasteiger partial charge < -0.3 is 5.11 Å². The summed E-state index contributed by atoms with van der Waals surface area (Å²) >= 11 is 7.70. The summed E-state index contributed by atoms with van der Waals surface area (Å²) in [6.07, 6.45) is 0. The Bertz CT molecular complexity index is 336. The second-order valence-electron chi connectivity index (χ2n) is 2.34. The predicted octanol–water partition coefficient (Wildman–Crippen LogP) is 2.85. The van der Waals surface area contributed by atoms with Crippen molar-refractivity contribution in [1.82, 2.24) is 0 Å². The first kappa shape index (κ1) is 9.80. The molecular weight excluding hydrogens is 290 g/mol. The Kier molecular flexibility index (Phi) is 2.95. The fraction of sp³-hybridized carbons (Fsp3) is 0.125. The zero-order valence-electron chi connectivity index (χ0n) is 6.27. The maximum atomic E-state index is 11.0. The highest BCUT2D eigenvalue weighted by Gasteiger charge is 2.10. The largest absolute Gasteiger partial charge is 0.506 e. The molecule has 0 amide bonds. The molecule has 0 spiro atoms. The van der Waals surface area contributed by atoms with Crippen molar-refractivity contribution in [3.05, 3.63) is 26.3 Å². The maximum absolute atomic E-state index is 11.0. The van der Waals surface area contributed by atoms with Crippen molar-refractivity contribution >= 4 is 40.0 Å². The zero-order valence-corrected chi connectivity index (χ0v) is 9.18. The Hall–Kier alpha value is -0.290. The molecule has 0 aromatic heterocycles. The molecule has 1 aromatic rings. The first-order valence-electron chi connectivity index (χ1n) is 3.21. The van der Waals surface area contributed by atoms with Crippen molar-refractivity contribution in [2.24, 2.45) is 0 Å². The summed E-state index contributed by atoms with van der Waals surface area (Å²) < 4.78 is 0.791. The number of rotatable bonds is 1. The van der Waals surface area contributed by atoms with E-state index in [-0.39, 0.29) is 16.6 Å². The number of halogens is 2. The SMILES string of the molecule is CC(=O)c1cc(I)cc(O)c1Cl. The molecule has 1 rings (SSSR count). The van der Waals surface area contributed by atoms with E-state index in [1.54, 1.807) is 6.07 Å². The van der Waals surface area contributed by atoms with E-state index in [1.165, 1.54) is 13.0 Å². The maximum Gasteiger partial charge on any atom is 0.161 e. The van der Waals surface area contributed by atoms with E-state index >= 15 is 0 Å². The van der Waals surface area contributed by atoms with Gasteiger partial charge in [0.1, 0.15) is 5.75 Å². The molecule has 1 N–H and O–H groups in total. The molecule has 1 aromatic carbocycles. The van der Waals surface area contributed by atoms with Crippen LogP contribution in [0.3, 0.4) is 0 Å². The van der Waals surface area contributed by atoms with Gasteiger partial charge in [0.25, 0.3) is 0 Å². The van der Waals surface area contributed by atoms with Crippen LogP contribution in [0.5, 0.6) is 5.75 Å². The summed E-state index contributed by atoms with van der Waals surface area (Å²) in [6.45, 7) is 1.41. The normalized spacial score (nSPS) is 9.92. The molecule has 0 saturated carbocycles. The highest BCUT2D eigenvalue weighted by Crippen LogP contribution is 2.29. The third-order valence-corrected chi connectivity index (χ3v) is 2.42. The van der Waals surface area contributed by atoms with Crippen molar-refractivity contribution < 1.29 is 9.90 Å². The molecule has 2 nitrogen and oxygen atoms in total. The molecule has 12 heavy (non-hydrogen) atoms. The summed E-state index contributed by atoms with van der Waals surface area (Å²) in [5.41, 5.74) is 0.362. The molecule has 0 unspecified atom stereocenters. The second kappa shape index (κ2) is 3.62. The van der Waals surface area contributed by atoms with Gasteiger partial charge in [0.2, 0.25) is 0 Å². The molecule has 0 atom stereocenters. The fourth-order valence-electron chi connectivity index (χ4n) is 0.831. The summed E-state index contributed by atoms with van der Waals surface area (Å²) in [6, 6.07) is 3.15. The van der Waals surface area contributed by atoms with Gasteiger partial charge in [-0.3, -0.25) is 4.79 Å². The summed E-state index contributed by atoms with van der Waals surface area (Å²) in [4.78, 5) is 11.0. The topological polar surface area (TPSA) is 37.3 Å². The van der Waals surface area contributed by atoms with Crippen LogP contribution in [0.2, 0.25) is 5.02 Å². The summed E-state index contributed by atoms with van der Waals surface area (Å²) in [7, 11) is 0. The van der Waals surface area contributed by atoms with Crippen LogP contribution in [0.15, 0.2) is 12.1 Å². The molecule has 0 aliphatic heterocycles. The lowest BCUT2D eigenvalue weighted by Gasteiger charge is -2.02. The number of aromatic hydroxyl groups is 1. The number of ketones is 1. The van der Waals surface area contributed by atoms with Crippen molar-refractivity contribution in [2.75, 3.05) is 0 Å². The number of carbonyl (C=O) groups is 1. The smallest absolute Gasteiger partial charge is 0.161 e. The van der Waals surface area contributed by atoms with E-state index in [0.717, 1.165) is 3.57 Å². The average Bonchev–Trinajstić information content (AvgIpc) is 1.96. The second-order valence-corrected chi connectivity index (χ2v) is 3.97. The van der Waals surface area contributed by atoms with Crippen molar-refractivity contribution in [3.8, 4) is 5.75 Å². The van der Waals surface area contributed by atoms with Crippen LogP contribution >= 0.6 is 34.2 Å². The number of phenols is 1. The minimum absolute atomic E-state index is 0.0474. The Morgan fingerprint density at radius 3 is 2.67 bits per heavy atom. The predicted molar refractivity (Wildman–Crippen MR) is 55.8 cm³/mol. The number of hydrogen-bond acceptors (Lipinski definition) is 2. The van der Waals surface area contributed by atoms with Gasteiger partial charge in [-0.1, -0.05) is 11.6 Å². The van der Waals surface area contributed by atoms with E-state index in [9.17, 15) is 9.90 Å². The summed E-state index contributed by atoms with van der Waals surface area (Å²) in [5.74, 6) is -0.192. The standard InChI is InChI=1S/C8H6ClIO2/c1-4(11)6-2-5(10)3-7(12)8(6)9/h2-3,12H,1H3. The first-order valence-corrected chi connectivity index (χ1v) is 4.67. The van der Waals surface area contributed by atoms with Gasteiger partial charge in [-0.25, -0.2) is 0 Å². The molecule has 0 saturated heterocycles. The lowest BCUT2D eigenvalue weighted by molar-refractivity contribution is 0.101. The van der Waals surface area contributed by atoms with Crippen LogP contribution in [0.1, 0.15) is 17.3 Å². The molecular formula is C8H6ClIO2. The van der Waals surface area contributed by atoms with E-state index in [4.69, 9.17) is 11.6 Å². The van der Waals surface area contributed by atoms with Gasteiger partial charge in [-0.2, -0.15) is 0 Å². The molecule has 4 heteroatoms. The van der Waals surface area contributed by atoms with Crippen LogP contribution in [-0.4, -0.2) is 10.9 Å². The number of hydrogen-bond donors (Lipinski definition) is 1. The van der Waals surface area contributed by atoms with E-state index < -0.39 is 0 Å². The zero-order chi connectivity index (χ0) is 9.30. The molecule has 0 radical (unpaired) electrons. The molecule has 0 heterocycles. The van der Waals surface area contributed by atoms with Crippen LogP contribution in [0.4, 0.5) is 0 Å². The van der Waals surface area contributed by atoms with Crippen LogP contribution < -0.4 is 0 Å². The van der Waals surface area contributed by atoms with Crippen LogP contribution in [0.25, 0.3) is 0 Å². The minimum Gasteiger partial charge on any atom is -0.506 e. The van der Waals surface area contributed by atoms with E-state index in [0.29, 0.717) is 5.56 Å². The minimum atomic E-state index is -0.145. The monoisotopic (exact) mass is 296 g/mol. The van der Waals surface area contributed by atoms with Crippen molar-refractivity contribution in [1.29, 1.82) is 0 Å². The van der Waals surface area contributed by atoms with E-state index in [1.807, 2.05) is 22.6 Å². The average molecular weight is 296 g/mol. The number of Topliss-reactive ketones (excluding diaryl/α,β-unsaturated/α-hetero) is 1. The summed E-state index contributed by atoms with van der Waals surface area (Å²) in [5, 5.41) is 9.37. The number of phenolic OH excluding ortho intramolecular Hbond substituents is 1. The van der Waals surface area contributed by atoms with Gasteiger partial charge in [0.05, 0.1) is 5.02 Å². The highest BCUT2D eigenvalue weighted by atomic mass is 127. The quantitative estimate of drug-likeness (QED) is 0.639. The lowest BCUT2D eigenvalue weighted by Crippen LogP contribution is -1.94.